The fourth-order valence-electron chi connectivity index (χ4n) is 20.6. The number of esters is 7. The van der Waals surface area contributed by atoms with Crippen molar-refractivity contribution in [2.24, 2.45) is 98.6 Å². The van der Waals surface area contributed by atoms with E-state index in [4.69, 9.17) is 33.2 Å². The highest BCUT2D eigenvalue weighted by Crippen LogP contribution is 2.63. The highest BCUT2D eigenvalue weighted by molar-refractivity contribution is 5.87. The number of carbonyl (C=O) groups excluding carboxylic acids is 7. The number of aliphatic hydroxyl groups is 1. The number of ether oxygens (including phenoxy) is 7. The molecule has 12 aliphatic carbocycles. The van der Waals surface area contributed by atoms with Crippen LogP contribution in [-0.2, 0) is 66.7 Å². The van der Waals surface area contributed by atoms with Crippen LogP contribution >= 0.6 is 0 Å². The third kappa shape index (κ3) is 11.6. The molecule has 1 saturated heterocycles. The molecule has 0 radical (unpaired) electrons. The van der Waals surface area contributed by atoms with Crippen LogP contribution in [0.3, 0.4) is 0 Å². The topological polar surface area (TPSA) is 204 Å². The number of rotatable bonds is 21. The number of hydrogen-bond acceptors (Lipinski definition) is 15. The average Bonchev–Trinajstić information content (AvgIpc) is 3.92. The lowest BCUT2D eigenvalue weighted by molar-refractivity contribution is -0.228. The summed E-state index contributed by atoms with van der Waals surface area (Å²) in [4.78, 5) is 102. The molecule has 15 heteroatoms. The van der Waals surface area contributed by atoms with Crippen molar-refractivity contribution in [2.75, 3.05) is 13.2 Å². The molecular weight excluding hydrogens is 1030 g/mol. The second kappa shape index (κ2) is 20.9. The van der Waals surface area contributed by atoms with Gasteiger partial charge in [-0.1, -0.05) is 19.1 Å². The van der Waals surface area contributed by atoms with Crippen LogP contribution in [0.2, 0.25) is 0 Å². The standard InChI is InChI=1S/C66H96O15/c1-37-43-13-14-45(25-43)49(37)31-61(7,57(72)80-64(10)46-20-39-17-40(22-46)23-47(64)21-39)34-63(9,56(71)78-50-15-16-75-54(50)69)35-62(8,58(73)81-66-29-41-18-42(30-66)28-65(74,27-41)36-66)33-60(5,6)55(70)76-32-53(68)77-51(26-52(67)79-59(2,3)4)48-24-38-11-12-44(48)19-38/h11-12,37-51,74H,13-36H2,1-10H3. The van der Waals surface area contributed by atoms with Gasteiger partial charge in [0.05, 0.1) is 40.3 Å². The number of allylic oxidation sites excluding steroid dienone is 2. The van der Waals surface area contributed by atoms with Crippen LogP contribution in [0.4, 0.5) is 0 Å². The van der Waals surface area contributed by atoms with Crippen molar-refractivity contribution in [2.45, 2.75) is 245 Å². The summed E-state index contributed by atoms with van der Waals surface area (Å²) < 4.78 is 43.0. The SMILES string of the molecule is CC1C2CCC(C2)C1CC(C)(CC(C)(CC(C)(CC(C)(C)C(=O)OCC(=O)OC(CC(=O)OC(C)(C)C)C1CC2C=CC1C2)C(=O)OC12CC3CC(CC(O)(C3)C1)C2)C(=O)OC1CCOC1=O)C(=O)OC1(C)C2CC3CC(C2)CC1C3. The van der Waals surface area contributed by atoms with Crippen molar-refractivity contribution in [1.82, 2.24) is 0 Å². The Morgan fingerprint density at radius 1 is 0.679 bits per heavy atom. The van der Waals surface area contributed by atoms with E-state index in [0.29, 0.717) is 67.6 Å². The molecule has 0 aromatic carbocycles. The maximum atomic E-state index is 15.9. The van der Waals surface area contributed by atoms with Crippen LogP contribution in [0.15, 0.2) is 12.2 Å². The van der Waals surface area contributed by atoms with Crippen molar-refractivity contribution in [3.8, 4) is 0 Å². The Hall–Kier alpha value is -4.01. The first kappa shape index (κ1) is 58.8. The monoisotopic (exact) mass is 1130 g/mol. The predicted molar refractivity (Wildman–Crippen MR) is 296 cm³/mol. The van der Waals surface area contributed by atoms with Crippen LogP contribution in [0, 0.1) is 98.6 Å². The lowest BCUT2D eigenvalue weighted by Gasteiger charge is -2.59. The van der Waals surface area contributed by atoms with Crippen molar-refractivity contribution in [3.05, 3.63) is 12.2 Å². The van der Waals surface area contributed by atoms with Crippen molar-refractivity contribution < 1.29 is 71.8 Å². The fraction of sp³-hybridized carbons (Fsp3) is 0.864. The summed E-state index contributed by atoms with van der Waals surface area (Å²) in [6.07, 6.45) is 16.3. The first-order valence-electron chi connectivity index (χ1n) is 31.7. The smallest absolute Gasteiger partial charge is 0.347 e. The number of hydrogen-bond donors (Lipinski definition) is 1. The van der Waals surface area contributed by atoms with E-state index >= 15 is 14.4 Å². The van der Waals surface area contributed by atoms with E-state index in [2.05, 4.69) is 26.0 Å². The molecule has 450 valence electrons. The van der Waals surface area contributed by atoms with Crippen LogP contribution < -0.4 is 0 Å². The minimum atomic E-state index is -1.68. The molecule has 0 aromatic heterocycles. The van der Waals surface area contributed by atoms with Gasteiger partial charge in [-0.25, -0.2) is 9.59 Å². The third-order valence-electron chi connectivity index (χ3n) is 23.3. The summed E-state index contributed by atoms with van der Waals surface area (Å²) in [6, 6.07) is 0. The fourth-order valence-corrected chi connectivity index (χ4v) is 20.6. The van der Waals surface area contributed by atoms with E-state index < -0.39 is 98.7 Å². The molecule has 12 bridgehead atoms. The predicted octanol–water partition coefficient (Wildman–Crippen LogP) is 10.9. The number of cyclic esters (lactones) is 1. The lowest BCUT2D eigenvalue weighted by Crippen LogP contribution is -2.61. The summed E-state index contributed by atoms with van der Waals surface area (Å²) >= 11 is 0. The molecule has 15 nitrogen and oxygen atoms in total. The third-order valence-corrected chi connectivity index (χ3v) is 23.3. The molecule has 12 fully saturated rings. The Balaban J connectivity index is 0.899. The van der Waals surface area contributed by atoms with Gasteiger partial charge in [0.2, 0.25) is 6.10 Å². The summed E-state index contributed by atoms with van der Waals surface area (Å²) in [5.74, 6) is -0.512. The Labute approximate surface area is 480 Å². The molecule has 13 rings (SSSR count). The first-order valence-corrected chi connectivity index (χ1v) is 31.7. The Bertz CT molecular complexity index is 2500. The van der Waals surface area contributed by atoms with Gasteiger partial charge >= 0.3 is 41.8 Å². The van der Waals surface area contributed by atoms with Gasteiger partial charge in [0.15, 0.2) is 6.61 Å². The Kier molecular flexibility index (Phi) is 15.2. The van der Waals surface area contributed by atoms with Crippen LogP contribution in [0.5, 0.6) is 0 Å². The summed E-state index contributed by atoms with van der Waals surface area (Å²) in [7, 11) is 0. The summed E-state index contributed by atoms with van der Waals surface area (Å²) in [5, 5.41) is 11.9. The molecule has 1 N–H and O–H groups in total. The molecule has 14 atom stereocenters. The molecule has 13 aliphatic rings. The second-order valence-corrected chi connectivity index (χ2v) is 32.0. The van der Waals surface area contributed by atoms with Crippen LogP contribution in [0.25, 0.3) is 0 Å². The van der Waals surface area contributed by atoms with Crippen LogP contribution in [-0.4, -0.2) is 94.7 Å². The van der Waals surface area contributed by atoms with Gasteiger partial charge in [0.1, 0.15) is 22.9 Å². The quantitative estimate of drug-likeness (QED) is 0.0645. The zero-order chi connectivity index (χ0) is 58.0. The van der Waals surface area contributed by atoms with Gasteiger partial charge in [-0.2, -0.15) is 0 Å². The average molecular weight is 1130 g/mol. The van der Waals surface area contributed by atoms with E-state index in [1.165, 1.54) is 6.42 Å². The molecule has 11 saturated carbocycles. The van der Waals surface area contributed by atoms with Gasteiger partial charge in [-0.15, -0.1) is 0 Å². The highest BCUT2D eigenvalue weighted by Gasteiger charge is 2.64. The minimum Gasteiger partial charge on any atom is -0.463 e. The molecule has 1 heterocycles. The lowest BCUT2D eigenvalue weighted by atomic mass is 9.50. The Morgan fingerprint density at radius 3 is 1.86 bits per heavy atom. The minimum absolute atomic E-state index is 0.0752. The molecule has 0 amide bonds. The van der Waals surface area contributed by atoms with Crippen molar-refractivity contribution >= 4 is 41.8 Å². The van der Waals surface area contributed by atoms with Crippen molar-refractivity contribution in [1.29, 1.82) is 0 Å². The van der Waals surface area contributed by atoms with E-state index in [9.17, 15) is 24.3 Å². The second-order valence-electron chi connectivity index (χ2n) is 32.0. The van der Waals surface area contributed by atoms with Gasteiger partial charge in [0, 0.05) is 18.8 Å². The zero-order valence-electron chi connectivity index (χ0n) is 50.4. The van der Waals surface area contributed by atoms with E-state index in [-0.39, 0.29) is 92.5 Å². The first-order chi connectivity index (χ1) is 37.8. The molecule has 14 unspecified atom stereocenters. The maximum Gasteiger partial charge on any atom is 0.347 e. The highest BCUT2D eigenvalue weighted by atomic mass is 16.6. The van der Waals surface area contributed by atoms with Gasteiger partial charge < -0.3 is 38.3 Å². The maximum absolute atomic E-state index is 15.9. The Morgan fingerprint density at radius 2 is 1.30 bits per heavy atom. The molecular formula is C66H96O15. The summed E-state index contributed by atoms with van der Waals surface area (Å²) in [5.41, 5.74) is -9.46. The summed E-state index contributed by atoms with van der Waals surface area (Å²) in [6.45, 7) is 17.8. The van der Waals surface area contributed by atoms with Crippen molar-refractivity contribution in [3.63, 3.8) is 0 Å². The normalized spacial score (nSPS) is 41.0. The molecule has 81 heavy (non-hydrogen) atoms. The van der Waals surface area contributed by atoms with Gasteiger partial charge in [-0.05, 0) is 255 Å². The van der Waals surface area contributed by atoms with E-state index in [0.717, 1.165) is 64.2 Å². The molecule has 0 aromatic rings. The number of carbonyl (C=O) groups is 7. The van der Waals surface area contributed by atoms with Gasteiger partial charge in [0.25, 0.3) is 0 Å². The van der Waals surface area contributed by atoms with E-state index in [1.807, 2.05) is 6.92 Å². The van der Waals surface area contributed by atoms with Crippen LogP contribution in [0.1, 0.15) is 210 Å². The number of fused-ring (bicyclic) bond motifs is 4. The zero-order valence-corrected chi connectivity index (χ0v) is 50.4. The largest absolute Gasteiger partial charge is 0.463 e. The molecule has 1 aliphatic heterocycles. The molecule has 0 spiro atoms. The van der Waals surface area contributed by atoms with E-state index in [1.54, 1.807) is 48.5 Å². The van der Waals surface area contributed by atoms with Gasteiger partial charge in [-0.3, -0.25) is 24.0 Å².